The molecule has 0 radical (unpaired) electrons. The highest BCUT2D eigenvalue weighted by atomic mass is 16.5. The predicted molar refractivity (Wildman–Crippen MR) is 55.2 cm³/mol. The fourth-order valence-corrected chi connectivity index (χ4v) is 1.68. The second-order valence-electron chi connectivity index (χ2n) is 3.49. The van der Waals surface area contributed by atoms with Crippen LogP contribution in [0.15, 0.2) is 6.33 Å². The monoisotopic (exact) mass is 218 g/mol. The van der Waals surface area contributed by atoms with Crippen LogP contribution in [0.25, 0.3) is 11.6 Å². The zero-order valence-corrected chi connectivity index (χ0v) is 8.47. The predicted octanol–water partition coefficient (Wildman–Crippen LogP) is -0.0834. The zero-order valence-electron chi connectivity index (χ0n) is 8.47. The van der Waals surface area contributed by atoms with E-state index in [-0.39, 0.29) is 0 Å². The Morgan fingerprint density at radius 1 is 1.38 bits per heavy atom. The molecule has 1 aliphatic rings. The van der Waals surface area contributed by atoms with Crippen molar-refractivity contribution in [1.82, 2.24) is 25.1 Å². The fourth-order valence-electron chi connectivity index (χ4n) is 1.68. The van der Waals surface area contributed by atoms with Gasteiger partial charge in [0, 0.05) is 12.0 Å². The number of nitrogens with two attached hydrogens (primary N) is 1. The number of hydrogen-bond acceptors (Lipinski definition) is 6. The SMILES string of the molecule is Nc1nc(-c2ncn[nH]2)nc2c1COCC2. The molecular weight excluding hydrogens is 208 g/mol. The summed E-state index contributed by atoms with van der Waals surface area (Å²) in [5, 5.41) is 6.47. The van der Waals surface area contributed by atoms with Crippen LogP contribution in [0.3, 0.4) is 0 Å². The number of nitrogens with one attached hydrogen (secondary N) is 1. The first-order chi connectivity index (χ1) is 7.84. The molecule has 0 atom stereocenters. The summed E-state index contributed by atoms with van der Waals surface area (Å²) >= 11 is 0. The highest BCUT2D eigenvalue weighted by Crippen LogP contribution is 2.22. The zero-order chi connectivity index (χ0) is 11.0. The van der Waals surface area contributed by atoms with Crippen LogP contribution in [0.5, 0.6) is 0 Å². The molecule has 2 aromatic rings. The molecule has 82 valence electrons. The van der Waals surface area contributed by atoms with Gasteiger partial charge in [-0.05, 0) is 0 Å². The number of rotatable bonds is 1. The van der Waals surface area contributed by atoms with Crippen molar-refractivity contribution in [3.8, 4) is 11.6 Å². The summed E-state index contributed by atoms with van der Waals surface area (Å²) < 4.78 is 5.31. The first kappa shape index (κ1) is 9.22. The van der Waals surface area contributed by atoms with Gasteiger partial charge in [0.15, 0.2) is 11.6 Å². The smallest absolute Gasteiger partial charge is 0.199 e. The number of hydrogen-bond donors (Lipinski definition) is 2. The highest BCUT2D eigenvalue weighted by molar-refractivity contribution is 5.51. The summed E-state index contributed by atoms with van der Waals surface area (Å²) in [5.41, 5.74) is 7.67. The molecule has 2 aromatic heterocycles. The van der Waals surface area contributed by atoms with Crippen molar-refractivity contribution in [2.75, 3.05) is 12.3 Å². The van der Waals surface area contributed by atoms with Crippen LogP contribution in [-0.4, -0.2) is 31.8 Å². The molecule has 7 heteroatoms. The molecule has 0 spiro atoms. The van der Waals surface area contributed by atoms with E-state index >= 15 is 0 Å². The number of aromatic nitrogens is 5. The van der Waals surface area contributed by atoms with Crippen LogP contribution in [0.2, 0.25) is 0 Å². The van der Waals surface area contributed by atoms with E-state index in [2.05, 4.69) is 25.1 Å². The molecule has 3 heterocycles. The molecule has 0 aliphatic carbocycles. The van der Waals surface area contributed by atoms with Crippen molar-refractivity contribution in [3.05, 3.63) is 17.6 Å². The topological polar surface area (TPSA) is 103 Å². The van der Waals surface area contributed by atoms with E-state index in [1.165, 1.54) is 6.33 Å². The van der Waals surface area contributed by atoms with E-state index in [0.29, 0.717) is 30.7 Å². The molecule has 3 N–H and O–H groups in total. The Balaban J connectivity index is 2.12. The lowest BCUT2D eigenvalue weighted by atomic mass is 10.1. The van der Waals surface area contributed by atoms with Gasteiger partial charge in [-0.25, -0.2) is 15.0 Å². The minimum absolute atomic E-state index is 0.455. The second-order valence-corrected chi connectivity index (χ2v) is 3.49. The van der Waals surface area contributed by atoms with Crippen LogP contribution >= 0.6 is 0 Å². The summed E-state index contributed by atoms with van der Waals surface area (Å²) in [7, 11) is 0. The second kappa shape index (κ2) is 3.53. The van der Waals surface area contributed by atoms with Crippen molar-refractivity contribution in [2.24, 2.45) is 0 Å². The van der Waals surface area contributed by atoms with Crippen molar-refractivity contribution >= 4 is 5.82 Å². The van der Waals surface area contributed by atoms with Crippen molar-refractivity contribution in [3.63, 3.8) is 0 Å². The lowest BCUT2D eigenvalue weighted by Crippen LogP contribution is -2.16. The lowest BCUT2D eigenvalue weighted by Gasteiger charge is -2.17. The van der Waals surface area contributed by atoms with E-state index in [0.717, 1.165) is 17.7 Å². The molecule has 0 fully saturated rings. The standard InChI is InChI=1S/C9H10N6O/c10-7-5-3-16-2-1-6(5)13-9(14-7)8-11-4-12-15-8/h4H,1-3H2,(H2,10,13,14)(H,11,12,15). The first-order valence-electron chi connectivity index (χ1n) is 4.93. The van der Waals surface area contributed by atoms with Crippen LogP contribution in [0.1, 0.15) is 11.3 Å². The molecule has 0 saturated heterocycles. The van der Waals surface area contributed by atoms with Crippen molar-refractivity contribution in [2.45, 2.75) is 13.0 Å². The molecule has 0 bridgehead atoms. The molecule has 0 amide bonds. The summed E-state index contributed by atoms with van der Waals surface area (Å²) in [6.45, 7) is 1.15. The summed E-state index contributed by atoms with van der Waals surface area (Å²) in [6.07, 6.45) is 2.17. The molecule has 1 aliphatic heterocycles. The number of nitrogen functional groups attached to an aromatic ring is 1. The normalized spacial score (nSPS) is 14.8. The van der Waals surface area contributed by atoms with E-state index < -0.39 is 0 Å². The average molecular weight is 218 g/mol. The molecule has 0 saturated carbocycles. The number of nitrogens with zero attached hydrogens (tertiary/aromatic N) is 4. The van der Waals surface area contributed by atoms with Gasteiger partial charge in [-0.3, -0.25) is 5.10 Å². The number of fused-ring (bicyclic) bond motifs is 1. The quantitative estimate of drug-likeness (QED) is 0.693. The van der Waals surface area contributed by atoms with E-state index in [1.807, 2.05) is 0 Å². The Kier molecular flexibility index (Phi) is 2.03. The van der Waals surface area contributed by atoms with Gasteiger partial charge in [0.25, 0.3) is 0 Å². The van der Waals surface area contributed by atoms with E-state index in [4.69, 9.17) is 10.5 Å². The number of anilines is 1. The van der Waals surface area contributed by atoms with Gasteiger partial charge >= 0.3 is 0 Å². The van der Waals surface area contributed by atoms with E-state index in [9.17, 15) is 0 Å². The van der Waals surface area contributed by atoms with Gasteiger partial charge in [-0.1, -0.05) is 0 Å². The van der Waals surface area contributed by atoms with Crippen LogP contribution in [-0.2, 0) is 17.8 Å². The largest absolute Gasteiger partial charge is 0.383 e. The molecule has 7 nitrogen and oxygen atoms in total. The van der Waals surface area contributed by atoms with Crippen molar-refractivity contribution in [1.29, 1.82) is 0 Å². The third-order valence-corrected chi connectivity index (χ3v) is 2.48. The van der Waals surface area contributed by atoms with Crippen LogP contribution < -0.4 is 5.73 Å². The third-order valence-electron chi connectivity index (χ3n) is 2.48. The third kappa shape index (κ3) is 1.41. The average Bonchev–Trinajstić information content (AvgIpc) is 2.82. The first-order valence-corrected chi connectivity index (χ1v) is 4.93. The van der Waals surface area contributed by atoms with Crippen molar-refractivity contribution < 1.29 is 4.74 Å². The number of H-pyrrole nitrogens is 1. The van der Waals surface area contributed by atoms with E-state index in [1.54, 1.807) is 0 Å². The fraction of sp³-hybridized carbons (Fsp3) is 0.333. The maximum Gasteiger partial charge on any atom is 0.199 e. The van der Waals surface area contributed by atoms with Gasteiger partial charge in [0.2, 0.25) is 0 Å². The lowest BCUT2D eigenvalue weighted by molar-refractivity contribution is 0.109. The molecule has 16 heavy (non-hydrogen) atoms. The van der Waals surface area contributed by atoms with Crippen LogP contribution in [0.4, 0.5) is 5.82 Å². The molecule has 0 unspecified atom stereocenters. The highest BCUT2D eigenvalue weighted by Gasteiger charge is 2.17. The Morgan fingerprint density at radius 2 is 2.31 bits per heavy atom. The summed E-state index contributed by atoms with van der Waals surface area (Å²) in [4.78, 5) is 12.6. The van der Waals surface area contributed by atoms with Gasteiger partial charge in [-0.15, -0.1) is 0 Å². The Labute approximate surface area is 91.1 Å². The molecule has 3 rings (SSSR count). The Morgan fingerprint density at radius 3 is 3.12 bits per heavy atom. The Bertz CT molecular complexity index is 509. The van der Waals surface area contributed by atoms with Gasteiger partial charge in [0.05, 0.1) is 18.9 Å². The minimum atomic E-state index is 0.455. The molecular formula is C9H10N6O. The molecule has 0 aromatic carbocycles. The van der Waals surface area contributed by atoms with Gasteiger partial charge in [-0.2, -0.15) is 5.10 Å². The number of ether oxygens (including phenoxy) is 1. The van der Waals surface area contributed by atoms with Gasteiger partial charge in [0.1, 0.15) is 12.1 Å². The van der Waals surface area contributed by atoms with Crippen LogP contribution in [0, 0.1) is 0 Å². The Hall–Kier alpha value is -2.02. The number of aromatic amines is 1. The van der Waals surface area contributed by atoms with Gasteiger partial charge < -0.3 is 10.5 Å². The summed E-state index contributed by atoms with van der Waals surface area (Å²) in [5.74, 6) is 1.47. The minimum Gasteiger partial charge on any atom is -0.383 e. The summed E-state index contributed by atoms with van der Waals surface area (Å²) in [6, 6.07) is 0. The maximum atomic E-state index is 5.86. The maximum absolute atomic E-state index is 5.86.